The number of anilines is 2. The van der Waals surface area contributed by atoms with E-state index in [0.29, 0.717) is 18.2 Å². The highest BCUT2D eigenvalue weighted by Gasteiger charge is 2.23. The molecule has 1 atom stereocenters. The monoisotopic (exact) mass is 326 g/mol. The number of amides is 2. The Morgan fingerprint density at radius 1 is 1.21 bits per heavy atom. The SMILES string of the molecule is CN1CC[C@H](CNC(=O)Nc2ccc(=O)n(C)c2)c2ccccc21. The summed E-state index contributed by atoms with van der Waals surface area (Å²) in [6.07, 6.45) is 2.61. The minimum absolute atomic E-state index is 0.108. The third-order valence-corrected chi connectivity index (χ3v) is 4.45. The number of hydrogen-bond acceptors (Lipinski definition) is 3. The maximum atomic E-state index is 12.1. The predicted molar refractivity (Wildman–Crippen MR) is 95.8 cm³/mol. The summed E-state index contributed by atoms with van der Waals surface area (Å²) in [7, 11) is 3.75. The quantitative estimate of drug-likeness (QED) is 0.908. The third kappa shape index (κ3) is 3.42. The van der Waals surface area contributed by atoms with E-state index >= 15 is 0 Å². The van der Waals surface area contributed by atoms with Crippen LogP contribution in [0, 0.1) is 0 Å². The number of aromatic nitrogens is 1. The molecule has 1 aromatic carbocycles. The van der Waals surface area contributed by atoms with Crippen molar-refractivity contribution >= 4 is 17.4 Å². The molecule has 2 aromatic rings. The Morgan fingerprint density at radius 2 is 2.00 bits per heavy atom. The molecule has 0 aliphatic carbocycles. The van der Waals surface area contributed by atoms with Crippen molar-refractivity contribution in [3.05, 3.63) is 58.5 Å². The van der Waals surface area contributed by atoms with E-state index in [1.54, 1.807) is 19.3 Å². The standard InChI is InChI=1S/C18H22N4O2/c1-21-10-9-13(15-5-3-4-6-16(15)21)11-19-18(24)20-14-7-8-17(23)22(2)12-14/h3-8,12-13H,9-11H2,1-2H3,(H2,19,20,24)/t13-/m1/s1. The number of carbonyl (C=O) groups is 1. The van der Waals surface area contributed by atoms with Gasteiger partial charge in [-0.15, -0.1) is 0 Å². The fraction of sp³-hybridized carbons (Fsp3) is 0.333. The van der Waals surface area contributed by atoms with Crippen molar-refractivity contribution in [2.75, 3.05) is 30.4 Å². The van der Waals surface area contributed by atoms with Gasteiger partial charge in [-0.25, -0.2) is 4.79 Å². The van der Waals surface area contributed by atoms with Crippen LogP contribution < -0.4 is 21.1 Å². The summed E-state index contributed by atoms with van der Waals surface area (Å²) in [6, 6.07) is 11.1. The van der Waals surface area contributed by atoms with E-state index < -0.39 is 0 Å². The molecule has 24 heavy (non-hydrogen) atoms. The molecule has 3 rings (SSSR count). The van der Waals surface area contributed by atoms with Crippen LogP contribution in [0.1, 0.15) is 17.9 Å². The van der Waals surface area contributed by atoms with Gasteiger partial charge in [-0.3, -0.25) is 4.79 Å². The number of nitrogens with zero attached hydrogens (tertiary/aromatic N) is 2. The maximum absolute atomic E-state index is 12.1. The molecule has 0 saturated heterocycles. The molecule has 2 N–H and O–H groups in total. The molecule has 0 saturated carbocycles. The fourth-order valence-electron chi connectivity index (χ4n) is 3.08. The molecule has 0 unspecified atom stereocenters. The number of benzene rings is 1. The van der Waals surface area contributed by atoms with Crippen LogP contribution in [0.4, 0.5) is 16.2 Å². The first kappa shape index (κ1) is 16.1. The molecule has 0 bridgehead atoms. The van der Waals surface area contributed by atoms with E-state index in [-0.39, 0.29) is 11.6 Å². The molecule has 2 amide bonds. The van der Waals surface area contributed by atoms with E-state index in [2.05, 4.69) is 34.7 Å². The van der Waals surface area contributed by atoms with Crippen molar-refractivity contribution in [1.82, 2.24) is 9.88 Å². The molecular formula is C18H22N4O2. The van der Waals surface area contributed by atoms with Crippen molar-refractivity contribution in [3.8, 4) is 0 Å². The summed E-state index contributed by atoms with van der Waals surface area (Å²) in [5.74, 6) is 0.309. The maximum Gasteiger partial charge on any atom is 0.319 e. The number of nitrogens with one attached hydrogen (secondary N) is 2. The third-order valence-electron chi connectivity index (χ3n) is 4.45. The molecule has 0 radical (unpaired) electrons. The molecule has 0 spiro atoms. The molecule has 6 nitrogen and oxygen atoms in total. The van der Waals surface area contributed by atoms with Crippen molar-refractivity contribution in [2.45, 2.75) is 12.3 Å². The molecule has 1 aliphatic rings. The summed E-state index contributed by atoms with van der Waals surface area (Å²) < 4.78 is 1.43. The number of hydrogen-bond donors (Lipinski definition) is 2. The lowest BCUT2D eigenvalue weighted by molar-refractivity contribution is 0.251. The van der Waals surface area contributed by atoms with Crippen LogP contribution in [0.5, 0.6) is 0 Å². The number of fused-ring (bicyclic) bond motifs is 1. The van der Waals surface area contributed by atoms with Crippen LogP contribution in [0.25, 0.3) is 0 Å². The van der Waals surface area contributed by atoms with Crippen LogP contribution in [0.3, 0.4) is 0 Å². The zero-order valence-electron chi connectivity index (χ0n) is 14.0. The van der Waals surface area contributed by atoms with E-state index in [4.69, 9.17) is 0 Å². The number of pyridine rings is 1. The van der Waals surface area contributed by atoms with Gasteiger partial charge in [-0.1, -0.05) is 18.2 Å². The Kier molecular flexibility index (Phi) is 4.55. The predicted octanol–water partition coefficient (Wildman–Crippen LogP) is 2.13. The minimum atomic E-state index is -0.259. The minimum Gasteiger partial charge on any atom is -0.374 e. The summed E-state index contributed by atoms with van der Waals surface area (Å²) in [6.45, 7) is 1.56. The zero-order chi connectivity index (χ0) is 17.1. The zero-order valence-corrected chi connectivity index (χ0v) is 14.0. The number of aryl methyl sites for hydroxylation is 1. The Hall–Kier alpha value is -2.76. The fourth-order valence-corrected chi connectivity index (χ4v) is 3.08. The van der Waals surface area contributed by atoms with Gasteiger partial charge in [0.1, 0.15) is 0 Å². The van der Waals surface area contributed by atoms with Crippen LogP contribution in [0.2, 0.25) is 0 Å². The Balaban J connectivity index is 1.61. The first-order chi connectivity index (χ1) is 11.5. The van der Waals surface area contributed by atoms with Crippen LogP contribution >= 0.6 is 0 Å². The summed E-state index contributed by atoms with van der Waals surface area (Å²) in [5.41, 5.74) is 2.99. The van der Waals surface area contributed by atoms with Gasteiger partial charge >= 0.3 is 6.03 Å². The molecule has 0 fully saturated rings. The van der Waals surface area contributed by atoms with Gasteiger partial charge in [0.2, 0.25) is 5.56 Å². The number of rotatable bonds is 3. The molecular weight excluding hydrogens is 304 g/mol. The Morgan fingerprint density at radius 3 is 2.79 bits per heavy atom. The van der Waals surface area contributed by atoms with Gasteiger partial charge in [-0.05, 0) is 24.1 Å². The summed E-state index contributed by atoms with van der Waals surface area (Å²) in [4.78, 5) is 25.7. The van der Waals surface area contributed by atoms with E-state index in [0.717, 1.165) is 13.0 Å². The van der Waals surface area contributed by atoms with Gasteiger partial charge in [0.05, 0.1) is 5.69 Å². The summed E-state index contributed by atoms with van der Waals surface area (Å²) in [5, 5.41) is 5.70. The first-order valence-corrected chi connectivity index (χ1v) is 8.06. The molecule has 1 aromatic heterocycles. The van der Waals surface area contributed by atoms with Crippen molar-refractivity contribution < 1.29 is 4.79 Å². The Bertz CT molecular complexity index is 800. The lowest BCUT2D eigenvalue weighted by Crippen LogP contribution is -2.36. The second kappa shape index (κ2) is 6.78. The molecule has 126 valence electrons. The number of urea groups is 1. The highest BCUT2D eigenvalue weighted by molar-refractivity contribution is 5.89. The second-order valence-corrected chi connectivity index (χ2v) is 6.17. The van der Waals surface area contributed by atoms with Crippen molar-refractivity contribution in [2.24, 2.45) is 7.05 Å². The van der Waals surface area contributed by atoms with E-state index in [1.807, 2.05) is 12.1 Å². The van der Waals surface area contributed by atoms with Crippen LogP contribution in [0.15, 0.2) is 47.4 Å². The van der Waals surface area contributed by atoms with Gasteiger partial charge in [0, 0.05) is 51.1 Å². The van der Waals surface area contributed by atoms with Crippen molar-refractivity contribution in [3.63, 3.8) is 0 Å². The van der Waals surface area contributed by atoms with E-state index in [9.17, 15) is 9.59 Å². The largest absolute Gasteiger partial charge is 0.374 e. The normalized spacial score (nSPS) is 16.4. The average Bonchev–Trinajstić information content (AvgIpc) is 2.58. The molecule has 2 heterocycles. The van der Waals surface area contributed by atoms with Crippen LogP contribution in [-0.4, -0.2) is 30.7 Å². The molecule has 1 aliphatic heterocycles. The number of para-hydroxylation sites is 1. The van der Waals surface area contributed by atoms with Gasteiger partial charge in [-0.2, -0.15) is 0 Å². The van der Waals surface area contributed by atoms with Gasteiger partial charge in [0.15, 0.2) is 0 Å². The highest BCUT2D eigenvalue weighted by Crippen LogP contribution is 2.33. The van der Waals surface area contributed by atoms with E-state index in [1.165, 1.54) is 21.9 Å². The van der Waals surface area contributed by atoms with Crippen LogP contribution in [-0.2, 0) is 7.05 Å². The molecule has 6 heteroatoms. The first-order valence-electron chi connectivity index (χ1n) is 8.06. The topological polar surface area (TPSA) is 66.4 Å². The second-order valence-electron chi connectivity index (χ2n) is 6.17. The summed E-state index contributed by atoms with van der Waals surface area (Å²) >= 11 is 0. The smallest absolute Gasteiger partial charge is 0.319 e. The average molecular weight is 326 g/mol. The van der Waals surface area contributed by atoms with Gasteiger partial charge < -0.3 is 20.1 Å². The number of carbonyl (C=O) groups excluding carboxylic acids is 1. The highest BCUT2D eigenvalue weighted by atomic mass is 16.2. The Labute approximate surface area is 141 Å². The van der Waals surface area contributed by atoms with Crippen molar-refractivity contribution in [1.29, 1.82) is 0 Å². The lowest BCUT2D eigenvalue weighted by atomic mass is 9.90. The van der Waals surface area contributed by atoms with Gasteiger partial charge in [0.25, 0.3) is 0 Å². The lowest BCUT2D eigenvalue weighted by Gasteiger charge is -2.33.